The number of rotatable bonds is 1. The number of hydrogen-bond donors (Lipinski definition) is 1. The smallest absolute Gasteiger partial charge is 0.0546 e. The first-order valence-electron chi connectivity index (χ1n) is 5.92. The summed E-state index contributed by atoms with van der Waals surface area (Å²) in [5.41, 5.74) is 4.15. The van der Waals surface area contributed by atoms with Crippen LogP contribution < -0.4 is 0 Å². The van der Waals surface area contributed by atoms with Crippen LogP contribution in [0.15, 0.2) is 18.2 Å². The molecule has 0 saturated heterocycles. The van der Waals surface area contributed by atoms with E-state index in [2.05, 4.69) is 32.0 Å². The molecule has 0 aliphatic heterocycles. The summed E-state index contributed by atoms with van der Waals surface area (Å²) in [5, 5.41) is 9.69. The summed E-state index contributed by atoms with van der Waals surface area (Å²) in [6.07, 6.45) is 4.26. The molecule has 0 radical (unpaired) electrons. The fourth-order valence-corrected chi connectivity index (χ4v) is 2.73. The molecule has 2 unspecified atom stereocenters. The van der Waals surface area contributed by atoms with E-state index < -0.39 is 0 Å². The van der Waals surface area contributed by atoms with Gasteiger partial charge in [-0.15, -0.1) is 0 Å². The van der Waals surface area contributed by atoms with Crippen molar-refractivity contribution in [3.63, 3.8) is 0 Å². The van der Waals surface area contributed by atoms with Crippen molar-refractivity contribution in [2.75, 3.05) is 0 Å². The molecular formula is C14H20O. The molecule has 1 aliphatic carbocycles. The third kappa shape index (κ3) is 2.40. The van der Waals surface area contributed by atoms with E-state index in [9.17, 15) is 5.11 Å². The van der Waals surface area contributed by atoms with Gasteiger partial charge in [0.05, 0.1) is 6.10 Å². The standard InChI is InChI=1S/C14H20O/c1-10-6-7-14(11(2)8-10)12-4-3-5-13(15)9-12/h6-8,12-13,15H,3-5,9H2,1-2H3. The van der Waals surface area contributed by atoms with Crippen molar-refractivity contribution in [2.24, 2.45) is 0 Å². The molecule has 2 rings (SSSR count). The number of aliphatic hydroxyl groups is 1. The zero-order chi connectivity index (χ0) is 10.8. The summed E-state index contributed by atoms with van der Waals surface area (Å²) in [6.45, 7) is 4.32. The highest BCUT2D eigenvalue weighted by molar-refractivity contribution is 5.33. The first-order valence-corrected chi connectivity index (χ1v) is 5.92. The predicted molar refractivity (Wildman–Crippen MR) is 63.1 cm³/mol. The molecule has 82 valence electrons. The van der Waals surface area contributed by atoms with Crippen LogP contribution in [0.1, 0.15) is 48.3 Å². The molecule has 0 bridgehead atoms. The van der Waals surface area contributed by atoms with E-state index in [1.165, 1.54) is 29.5 Å². The Morgan fingerprint density at radius 1 is 1.20 bits per heavy atom. The van der Waals surface area contributed by atoms with Gasteiger partial charge in [-0.1, -0.05) is 30.2 Å². The van der Waals surface area contributed by atoms with Crippen LogP contribution in [0.2, 0.25) is 0 Å². The van der Waals surface area contributed by atoms with E-state index in [1.807, 2.05) is 0 Å². The first-order chi connectivity index (χ1) is 7.16. The highest BCUT2D eigenvalue weighted by Gasteiger charge is 2.22. The molecule has 0 spiro atoms. The van der Waals surface area contributed by atoms with E-state index in [4.69, 9.17) is 0 Å². The van der Waals surface area contributed by atoms with Crippen molar-refractivity contribution in [3.05, 3.63) is 34.9 Å². The third-order valence-corrected chi connectivity index (χ3v) is 3.51. The van der Waals surface area contributed by atoms with E-state index in [0.717, 1.165) is 12.8 Å². The Balaban J connectivity index is 2.21. The predicted octanol–water partition coefficient (Wildman–Crippen LogP) is 3.32. The fraction of sp³-hybridized carbons (Fsp3) is 0.571. The van der Waals surface area contributed by atoms with Gasteiger partial charge in [0.25, 0.3) is 0 Å². The van der Waals surface area contributed by atoms with Gasteiger partial charge in [0.2, 0.25) is 0 Å². The van der Waals surface area contributed by atoms with Crippen LogP contribution in [0.4, 0.5) is 0 Å². The monoisotopic (exact) mass is 204 g/mol. The molecule has 2 atom stereocenters. The first kappa shape index (κ1) is 10.7. The second-order valence-corrected chi connectivity index (χ2v) is 4.88. The minimum Gasteiger partial charge on any atom is -0.393 e. The molecule has 0 aromatic heterocycles. The van der Waals surface area contributed by atoms with Crippen LogP contribution in [-0.4, -0.2) is 11.2 Å². The summed E-state index contributed by atoms with van der Waals surface area (Å²) in [6, 6.07) is 6.67. The van der Waals surface area contributed by atoms with Gasteiger partial charge < -0.3 is 5.11 Å². The molecule has 0 amide bonds. The Kier molecular flexibility index (Phi) is 3.11. The number of benzene rings is 1. The van der Waals surface area contributed by atoms with Gasteiger partial charge in [0, 0.05) is 0 Å². The Morgan fingerprint density at radius 3 is 2.67 bits per heavy atom. The van der Waals surface area contributed by atoms with Gasteiger partial charge in [-0.2, -0.15) is 0 Å². The molecular weight excluding hydrogens is 184 g/mol. The van der Waals surface area contributed by atoms with Crippen LogP contribution in [0, 0.1) is 13.8 Å². The topological polar surface area (TPSA) is 20.2 Å². The van der Waals surface area contributed by atoms with Crippen molar-refractivity contribution >= 4 is 0 Å². The molecule has 1 aromatic rings. The van der Waals surface area contributed by atoms with Crippen molar-refractivity contribution in [2.45, 2.75) is 51.6 Å². The Morgan fingerprint density at radius 2 is 2.00 bits per heavy atom. The minimum absolute atomic E-state index is 0.0792. The highest BCUT2D eigenvalue weighted by atomic mass is 16.3. The fourth-order valence-electron chi connectivity index (χ4n) is 2.73. The zero-order valence-electron chi connectivity index (χ0n) is 9.66. The molecule has 1 nitrogen and oxygen atoms in total. The molecule has 1 fully saturated rings. The summed E-state index contributed by atoms with van der Waals surface area (Å²) in [7, 11) is 0. The van der Waals surface area contributed by atoms with E-state index >= 15 is 0 Å². The lowest BCUT2D eigenvalue weighted by Crippen LogP contribution is -2.18. The van der Waals surface area contributed by atoms with Gasteiger partial charge in [0.15, 0.2) is 0 Å². The van der Waals surface area contributed by atoms with Crippen molar-refractivity contribution in [1.29, 1.82) is 0 Å². The Bertz CT molecular complexity index is 343. The average Bonchev–Trinajstić information content (AvgIpc) is 2.17. The van der Waals surface area contributed by atoms with Crippen molar-refractivity contribution in [1.82, 2.24) is 0 Å². The van der Waals surface area contributed by atoms with Crippen molar-refractivity contribution < 1.29 is 5.11 Å². The maximum absolute atomic E-state index is 9.69. The molecule has 15 heavy (non-hydrogen) atoms. The second kappa shape index (κ2) is 4.36. The third-order valence-electron chi connectivity index (χ3n) is 3.51. The van der Waals surface area contributed by atoms with Gasteiger partial charge in [-0.05, 0) is 50.2 Å². The Labute approximate surface area is 92.1 Å². The van der Waals surface area contributed by atoms with Gasteiger partial charge in [-0.25, -0.2) is 0 Å². The van der Waals surface area contributed by atoms with Crippen molar-refractivity contribution in [3.8, 4) is 0 Å². The second-order valence-electron chi connectivity index (χ2n) is 4.88. The van der Waals surface area contributed by atoms with Crippen LogP contribution in [0.25, 0.3) is 0 Å². The van der Waals surface area contributed by atoms with Crippen LogP contribution >= 0.6 is 0 Å². The van der Waals surface area contributed by atoms with E-state index in [0.29, 0.717) is 5.92 Å². The quantitative estimate of drug-likeness (QED) is 0.744. The normalized spacial score (nSPS) is 26.6. The SMILES string of the molecule is Cc1ccc(C2CCCC(O)C2)c(C)c1. The van der Waals surface area contributed by atoms with Crippen LogP contribution in [-0.2, 0) is 0 Å². The van der Waals surface area contributed by atoms with Gasteiger partial charge in [0.1, 0.15) is 0 Å². The summed E-state index contributed by atoms with van der Waals surface area (Å²) >= 11 is 0. The highest BCUT2D eigenvalue weighted by Crippen LogP contribution is 2.34. The minimum atomic E-state index is -0.0792. The zero-order valence-corrected chi connectivity index (χ0v) is 9.66. The number of hydrogen-bond acceptors (Lipinski definition) is 1. The number of aliphatic hydroxyl groups excluding tert-OH is 1. The van der Waals surface area contributed by atoms with Gasteiger partial charge >= 0.3 is 0 Å². The number of aryl methyl sites for hydroxylation is 2. The molecule has 1 aromatic carbocycles. The average molecular weight is 204 g/mol. The van der Waals surface area contributed by atoms with Crippen LogP contribution in [0.3, 0.4) is 0 Å². The summed E-state index contributed by atoms with van der Waals surface area (Å²) in [5.74, 6) is 0.578. The lowest BCUT2D eigenvalue weighted by atomic mass is 9.81. The summed E-state index contributed by atoms with van der Waals surface area (Å²) in [4.78, 5) is 0. The van der Waals surface area contributed by atoms with E-state index in [-0.39, 0.29) is 6.10 Å². The molecule has 1 heteroatoms. The lowest BCUT2D eigenvalue weighted by molar-refractivity contribution is 0.119. The van der Waals surface area contributed by atoms with Gasteiger partial charge in [-0.3, -0.25) is 0 Å². The maximum Gasteiger partial charge on any atom is 0.0546 e. The largest absolute Gasteiger partial charge is 0.393 e. The lowest BCUT2D eigenvalue weighted by Gasteiger charge is -2.27. The molecule has 1 saturated carbocycles. The summed E-state index contributed by atoms with van der Waals surface area (Å²) < 4.78 is 0. The molecule has 0 heterocycles. The maximum atomic E-state index is 9.69. The Hall–Kier alpha value is -0.820. The van der Waals surface area contributed by atoms with Crippen LogP contribution in [0.5, 0.6) is 0 Å². The molecule has 1 aliphatic rings. The molecule has 1 N–H and O–H groups in total. The van der Waals surface area contributed by atoms with E-state index in [1.54, 1.807) is 0 Å².